The van der Waals surface area contributed by atoms with Crippen LogP contribution >= 0.6 is 0 Å². The van der Waals surface area contributed by atoms with Crippen LogP contribution in [0.15, 0.2) is 23.8 Å². The van der Waals surface area contributed by atoms with Crippen molar-refractivity contribution in [3.63, 3.8) is 0 Å². The zero-order valence-corrected chi connectivity index (χ0v) is 7.18. The van der Waals surface area contributed by atoms with Gasteiger partial charge in [0.25, 0.3) is 0 Å². The van der Waals surface area contributed by atoms with Crippen LogP contribution in [0.2, 0.25) is 0 Å². The van der Waals surface area contributed by atoms with Crippen LogP contribution in [0, 0.1) is 0 Å². The van der Waals surface area contributed by atoms with Crippen molar-refractivity contribution in [2.45, 2.75) is 33.3 Å². The Labute approximate surface area is 63.1 Å². The van der Waals surface area contributed by atoms with E-state index in [-0.39, 0.29) is 0 Å². The lowest BCUT2D eigenvalue weighted by Gasteiger charge is -2.11. The molecule has 0 saturated carbocycles. The quantitative estimate of drug-likeness (QED) is 0.583. The molecule has 0 saturated heterocycles. The van der Waals surface area contributed by atoms with Crippen molar-refractivity contribution in [3.8, 4) is 0 Å². The minimum atomic E-state index is -0.691. The van der Waals surface area contributed by atoms with Gasteiger partial charge >= 0.3 is 0 Å². The summed E-state index contributed by atoms with van der Waals surface area (Å²) in [6.07, 6.45) is 5.75. The molecule has 0 fully saturated rings. The SMILES string of the molecule is C/C=C\C(C)=C/C(C)(C)O. The molecule has 1 N–H and O–H groups in total. The van der Waals surface area contributed by atoms with E-state index >= 15 is 0 Å². The Kier molecular flexibility index (Phi) is 3.37. The first-order valence-electron chi connectivity index (χ1n) is 3.50. The molecular formula is C9H16O. The first kappa shape index (κ1) is 9.44. The monoisotopic (exact) mass is 140 g/mol. The van der Waals surface area contributed by atoms with Gasteiger partial charge in [0.2, 0.25) is 0 Å². The topological polar surface area (TPSA) is 20.2 Å². The van der Waals surface area contributed by atoms with Crippen molar-refractivity contribution < 1.29 is 5.11 Å². The van der Waals surface area contributed by atoms with Gasteiger partial charge in [0.1, 0.15) is 0 Å². The molecule has 0 aliphatic heterocycles. The van der Waals surface area contributed by atoms with Crippen LogP contribution in [0.3, 0.4) is 0 Å². The first-order valence-corrected chi connectivity index (χ1v) is 3.50. The van der Waals surface area contributed by atoms with E-state index in [1.54, 1.807) is 13.8 Å². The fourth-order valence-corrected chi connectivity index (χ4v) is 0.868. The van der Waals surface area contributed by atoms with Gasteiger partial charge in [-0.1, -0.05) is 23.8 Å². The molecule has 0 unspecified atom stereocenters. The molecule has 58 valence electrons. The van der Waals surface area contributed by atoms with Crippen molar-refractivity contribution in [3.05, 3.63) is 23.8 Å². The van der Waals surface area contributed by atoms with E-state index in [1.807, 2.05) is 32.1 Å². The van der Waals surface area contributed by atoms with E-state index in [2.05, 4.69) is 0 Å². The molecule has 10 heavy (non-hydrogen) atoms. The zero-order valence-electron chi connectivity index (χ0n) is 7.18. The van der Waals surface area contributed by atoms with Gasteiger partial charge in [0.15, 0.2) is 0 Å². The molecule has 0 amide bonds. The third-order valence-electron chi connectivity index (χ3n) is 1.01. The fourth-order valence-electron chi connectivity index (χ4n) is 0.868. The van der Waals surface area contributed by atoms with Gasteiger partial charge in [-0.2, -0.15) is 0 Å². The molecular weight excluding hydrogens is 124 g/mol. The van der Waals surface area contributed by atoms with Crippen LogP contribution in [0.1, 0.15) is 27.7 Å². The molecule has 1 heteroatoms. The smallest absolute Gasteiger partial charge is 0.0777 e. The highest BCUT2D eigenvalue weighted by Crippen LogP contribution is 2.07. The summed E-state index contributed by atoms with van der Waals surface area (Å²) in [6.45, 7) is 7.46. The molecule has 0 rings (SSSR count). The number of hydrogen-bond acceptors (Lipinski definition) is 1. The predicted octanol–water partition coefficient (Wildman–Crippen LogP) is 2.28. The lowest BCUT2D eigenvalue weighted by molar-refractivity contribution is 0.132. The summed E-state index contributed by atoms with van der Waals surface area (Å²) in [6, 6.07) is 0. The maximum Gasteiger partial charge on any atom is 0.0777 e. The number of rotatable bonds is 2. The molecule has 0 aliphatic rings. The fraction of sp³-hybridized carbons (Fsp3) is 0.556. The second kappa shape index (κ2) is 3.57. The summed E-state index contributed by atoms with van der Waals surface area (Å²) in [7, 11) is 0. The normalized spacial score (nSPS) is 14.7. The molecule has 0 aromatic carbocycles. The lowest BCUT2D eigenvalue weighted by Crippen LogP contribution is -2.14. The van der Waals surface area contributed by atoms with E-state index < -0.39 is 5.60 Å². The van der Waals surface area contributed by atoms with Crippen LogP contribution in [-0.4, -0.2) is 10.7 Å². The Morgan fingerprint density at radius 3 is 2.20 bits per heavy atom. The summed E-state index contributed by atoms with van der Waals surface area (Å²) in [5, 5.41) is 9.30. The summed E-state index contributed by atoms with van der Waals surface area (Å²) < 4.78 is 0. The maximum absolute atomic E-state index is 9.30. The summed E-state index contributed by atoms with van der Waals surface area (Å²) in [4.78, 5) is 0. The van der Waals surface area contributed by atoms with Crippen LogP contribution < -0.4 is 0 Å². The standard InChI is InChI=1S/C9H16O/c1-5-6-8(2)7-9(3,4)10/h5-7,10H,1-4H3/b6-5-,8-7-. The Balaban J connectivity index is 4.17. The molecule has 0 aliphatic carbocycles. The minimum Gasteiger partial charge on any atom is -0.386 e. The van der Waals surface area contributed by atoms with Gasteiger partial charge in [-0.3, -0.25) is 0 Å². The van der Waals surface area contributed by atoms with Crippen molar-refractivity contribution >= 4 is 0 Å². The zero-order chi connectivity index (χ0) is 8.20. The second-order valence-corrected chi connectivity index (χ2v) is 3.04. The average molecular weight is 140 g/mol. The van der Waals surface area contributed by atoms with Crippen LogP contribution in [-0.2, 0) is 0 Å². The van der Waals surface area contributed by atoms with E-state index in [4.69, 9.17) is 0 Å². The van der Waals surface area contributed by atoms with E-state index in [0.717, 1.165) is 5.57 Å². The molecule has 0 heterocycles. The Morgan fingerprint density at radius 2 is 1.90 bits per heavy atom. The molecule has 0 aromatic rings. The highest BCUT2D eigenvalue weighted by Gasteiger charge is 2.06. The Hall–Kier alpha value is -0.560. The van der Waals surface area contributed by atoms with Crippen molar-refractivity contribution in [2.24, 2.45) is 0 Å². The molecule has 1 nitrogen and oxygen atoms in total. The van der Waals surface area contributed by atoms with Gasteiger partial charge in [0, 0.05) is 0 Å². The maximum atomic E-state index is 9.30. The summed E-state index contributed by atoms with van der Waals surface area (Å²) in [5.41, 5.74) is 0.402. The van der Waals surface area contributed by atoms with E-state index in [1.165, 1.54) is 0 Å². The van der Waals surface area contributed by atoms with E-state index in [0.29, 0.717) is 0 Å². The third kappa shape index (κ3) is 5.57. The molecule has 0 bridgehead atoms. The Bertz CT molecular complexity index is 147. The van der Waals surface area contributed by atoms with Gasteiger partial charge < -0.3 is 5.11 Å². The molecule has 0 spiro atoms. The van der Waals surface area contributed by atoms with Crippen molar-refractivity contribution in [1.82, 2.24) is 0 Å². The largest absolute Gasteiger partial charge is 0.386 e. The number of hydrogen-bond donors (Lipinski definition) is 1. The second-order valence-electron chi connectivity index (χ2n) is 3.04. The molecule has 0 radical (unpaired) electrons. The van der Waals surface area contributed by atoms with Gasteiger partial charge in [0.05, 0.1) is 5.60 Å². The van der Waals surface area contributed by atoms with Gasteiger partial charge in [-0.25, -0.2) is 0 Å². The van der Waals surface area contributed by atoms with Crippen molar-refractivity contribution in [1.29, 1.82) is 0 Å². The number of allylic oxidation sites excluding steroid dienone is 3. The highest BCUT2D eigenvalue weighted by molar-refractivity contribution is 5.18. The summed E-state index contributed by atoms with van der Waals surface area (Å²) >= 11 is 0. The van der Waals surface area contributed by atoms with Crippen LogP contribution in [0.25, 0.3) is 0 Å². The van der Waals surface area contributed by atoms with E-state index in [9.17, 15) is 5.11 Å². The lowest BCUT2D eigenvalue weighted by atomic mass is 10.1. The third-order valence-corrected chi connectivity index (χ3v) is 1.01. The molecule has 0 atom stereocenters. The van der Waals surface area contributed by atoms with Crippen molar-refractivity contribution in [2.75, 3.05) is 0 Å². The van der Waals surface area contributed by atoms with Gasteiger partial charge in [-0.15, -0.1) is 0 Å². The highest BCUT2D eigenvalue weighted by atomic mass is 16.3. The average Bonchev–Trinajstić information content (AvgIpc) is 1.59. The first-order chi connectivity index (χ1) is 4.45. The summed E-state index contributed by atoms with van der Waals surface area (Å²) in [5.74, 6) is 0. The Morgan fingerprint density at radius 1 is 1.40 bits per heavy atom. The molecule has 0 aromatic heterocycles. The van der Waals surface area contributed by atoms with Crippen LogP contribution in [0.4, 0.5) is 0 Å². The van der Waals surface area contributed by atoms with Crippen LogP contribution in [0.5, 0.6) is 0 Å². The van der Waals surface area contributed by atoms with Gasteiger partial charge in [-0.05, 0) is 27.7 Å². The minimum absolute atomic E-state index is 0.691. The predicted molar refractivity (Wildman–Crippen MR) is 44.9 cm³/mol. The number of aliphatic hydroxyl groups is 1.